The number of anilines is 2. The van der Waals surface area contributed by atoms with E-state index in [0.29, 0.717) is 12.2 Å². The summed E-state index contributed by atoms with van der Waals surface area (Å²) in [5, 5.41) is 3.75. The average molecular weight is 351 g/mol. The zero-order valence-electron chi connectivity index (χ0n) is 12.2. The molecule has 2 aromatic rings. The van der Waals surface area contributed by atoms with Gasteiger partial charge in [-0.25, -0.2) is 0 Å². The van der Waals surface area contributed by atoms with Crippen molar-refractivity contribution < 1.29 is 4.79 Å². The molecule has 5 nitrogen and oxygen atoms in total. The molecule has 0 atom stereocenters. The monoisotopic (exact) mass is 350 g/mol. The smallest absolute Gasteiger partial charge is 0.239 e. The molecule has 1 aromatic carbocycles. The van der Waals surface area contributed by atoms with Crippen LogP contribution in [-0.2, 0) is 4.79 Å². The topological polar surface area (TPSA) is 71.2 Å². The van der Waals surface area contributed by atoms with Crippen LogP contribution in [0, 0.1) is 0 Å². The van der Waals surface area contributed by atoms with E-state index >= 15 is 0 Å². The Morgan fingerprint density at radius 1 is 1.48 bits per heavy atom. The molecule has 0 aliphatic heterocycles. The SMILES string of the molecule is CCCNC(=O)CN(C)c1ccc(N)c2cc(Br)cnc12. The van der Waals surface area contributed by atoms with Gasteiger partial charge in [0, 0.05) is 35.3 Å². The minimum Gasteiger partial charge on any atom is -0.398 e. The first-order valence-electron chi connectivity index (χ1n) is 6.84. The van der Waals surface area contributed by atoms with Crippen molar-refractivity contribution in [3.05, 3.63) is 28.9 Å². The van der Waals surface area contributed by atoms with E-state index in [-0.39, 0.29) is 12.5 Å². The van der Waals surface area contributed by atoms with Crippen LogP contribution < -0.4 is 16.0 Å². The van der Waals surface area contributed by atoms with Crippen molar-refractivity contribution in [3.8, 4) is 0 Å². The van der Waals surface area contributed by atoms with Gasteiger partial charge in [-0.15, -0.1) is 0 Å². The van der Waals surface area contributed by atoms with Crippen molar-refractivity contribution in [3.63, 3.8) is 0 Å². The molecule has 2 rings (SSSR count). The summed E-state index contributed by atoms with van der Waals surface area (Å²) in [5.74, 6) is 0.00133. The molecule has 0 spiro atoms. The number of aromatic nitrogens is 1. The minimum absolute atomic E-state index is 0.00133. The fourth-order valence-electron chi connectivity index (χ4n) is 2.13. The highest BCUT2D eigenvalue weighted by molar-refractivity contribution is 9.10. The van der Waals surface area contributed by atoms with Gasteiger partial charge in [0.2, 0.25) is 5.91 Å². The maximum Gasteiger partial charge on any atom is 0.239 e. The molecule has 112 valence electrons. The average Bonchev–Trinajstić information content (AvgIpc) is 2.46. The van der Waals surface area contributed by atoms with Crippen LogP contribution in [0.1, 0.15) is 13.3 Å². The maximum atomic E-state index is 11.8. The van der Waals surface area contributed by atoms with Crippen molar-refractivity contribution in [2.45, 2.75) is 13.3 Å². The lowest BCUT2D eigenvalue weighted by molar-refractivity contribution is -0.119. The molecule has 0 radical (unpaired) electrons. The molecule has 0 bridgehead atoms. The zero-order valence-corrected chi connectivity index (χ0v) is 13.8. The molecule has 0 saturated carbocycles. The lowest BCUT2D eigenvalue weighted by Crippen LogP contribution is -2.35. The summed E-state index contributed by atoms with van der Waals surface area (Å²) in [7, 11) is 1.88. The number of likely N-dealkylation sites (N-methyl/N-ethyl adjacent to an activating group) is 1. The first-order valence-corrected chi connectivity index (χ1v) is 7.63. The van der Waals surface area contributed by atoms with Crippen LogP contribution in [0.3, 0.4) is 0 Å². The Bertz CT molecular complexity index is 659. The largest absolute Gasteiger partial charge is 0.398 e. The maximum absolute atomic E-state index is 11.8. The molecule has 21 heavy (non-hydrogen) atoms. The van der Waals surface area contributed by atoms with E-state index in [1.165, 1.54) is 0 Å². The Morgan fingerprint density at radius 2 is 2.24 bits per heavy atom. The van der Waals surface area contributed by atoms with Crippen molar-refractivity contribution in [1.29, 1.82) is 0 Å². The van der Waals surface area contributed by atoms with Crippen molar-refractivity contribution in [2.24, 2.45) is 0 Å². The Labute approximate surface area is 132 Å². The van der Waals surface area contributed by atoms with Gasteiger partial charge >= 0.3 is 0 Å². The second kappa shape index (κ2) is 6.76. The summed E-state index contributed by atoms with van der Waals surface area (Å²) in [5.41, 5.74) is 8.36. The summed E-state index contributed by atoms with van der Waals surface area (Å²) < 4.78 is 0.877. The third-order valence-corrected chi connectivity index (χ3v) is 3.63. The number of benzene rings is 1. The first kappa shape index (κ1) is 15.6. The van der Waals surface area contributed by atoms with Gasteiger partial charge < -0.3 is 16.0 Å². The lowest BCUT2D eigenvalue weighted by atomic mass is 10.1. The predicted octanol–water partition coefficient (Wildman–Crippen LogP) is 2.54. The number of nitrogens with one attached hydrogen (secondary N) is 1. The van der Waals surface area contributed by atoms with E-state index in [0.717, 1.165) is 27.5 Å². The van der Waals surface area contributed by atoms with E-state index in [9.17, 15) is 4.79 Å². The number of nitrogens with zero attached hydrogens (tertiary/aromatic N) is 2. The van der Waals surface area contributed by atoms with Gasteiger partial charge in [0.25, 0.3) is 0 Å². The van der Waals surface area contributed by atoms with E-state index < -0.39 is 0 Å². The third-order valence-electron chi connectivity index (χ3n) is 3.19. The third kappa shape index (κ3) is 3.64. The highest BCUT2D eigenvalue weighted by Gasteiger charge is 2.12. The molecule has 0 fully saturated rings. The molecule has 0 unspecified atom stereocenters. The van der Waals surface area contributed by atoms with Crippen LogP contribution in [0.2, 0.25) is 0 Å². The van der Waals surface area contributed by atoms with Crippen molar-refractivity contribution >= 4 is 44.1 Å². The van der Waals surface area contributed by atoms with Crippen LogP contribution in [0.4, 0.5) is 11.4 Å². The number of hydrogen-bond acceptors (Lipinski definition) is 4. The molecular formula is C15H19BrN4O. The van der Waals surface area contributed by atoms with E-state index in [1.807, 2.05) is 37.1 Å². The van der Waals surface area contributed by atoms with Crippen LogP contribution >= 0.6 is 15.9 Å². The number of carbonyl (C=O) groups is 1. The lowest BCUT2D eigenvalue weighted by Gasteiger charge is -2.20. The summed E-state index contributed by atoms with van der Waals surface area (Å²) in [6, 6.07) is 5.67. The van der Waals surface area contributed by atoms with E-state index in [1.54, 1.807) is 6.20 Å². The van der Waals surface area contributed by atoms with E-state index in [4.69, 9.17) is 5.73 Å². The number of pyridine rings is 1. The van der Waals surface area contributed by atoms with Crippen LogP contribution in [-0.4, -0.2) is 31.0 Å². The summed E-state index contributed by atoms with van der Waals surface area (Å²) >= 11 is 3.40. The fourth-order valence-corrected chi connectivity index (χ4v) is 2.46. The summed E-state index contributed by atoms with van der Waals surface area (Å²) in [4.78, 5) is 18.2. The molecular weight excluding hydrogens is 332 g/mol. The molecule has 1 heterocycles. The molecule has 1 aromatic heterocycles. The minimum atomic E-state index is 0.00133. The first-order chi connectivity index (χ1) is 10.0. The Balaban J connectivity index is 2.29. The van der Waals surface area contributed by atoms with Crippen LogP contribution in [0.5, 0.6) is 0 Å². The zero-order chi connectivity index (χ0) is 15.4. The second-order valence-corrected chi connectivity index (χ2v) is 5.85. The number of fused-ring (bicyclic) bond motifs is 1. The van der Waals surface area contributed by atoms with Gasteiger partial charge in [-0.1, -0.05) is 6.92 Å². The number of hydrogen-bond donors (Lipinski definition) is 2. The Kier molecular flexibility index (Phi) is 5.01. The molecule has 3 N–H and O–H groups in total. The molecule has 0 saturated heterocycles. The highest BCUT2D eigenvalue weighted by atomic mass is 79.9. The van der Waals surface area contributed by atoms with Gasteiger partial charge in [0.15, 0.2) is 0 Å². The van der Waals surface area contributed by atoms with Gasteiger partial charge in [-0.3, -0.25) is 9.78 Å². The van der Waals surface area contributed by atoms with Crippen LogP contribution in [0.15, 0.2) is 28.9 Å². The molecule has 0 aliphatic rings. The predicted molar refractivity (Wildman–Crippen MR) is 90.4 cm³/mol. The quantitative estimate of drug-likeness (QED) is 0.813. The van der Waals surface area contributed by atoms with Crippen LogP contribution in [0.25, 0.3) is 10.9 Å². The summed E-state index contributed by atoms with van der Waals surface area (Å²) in [6.45, 7) is 3.01. The second-order valence-electron chi connectivity index (χ2n) is 4.93. The van der Waals surface area contributed by atoms with Gasteiger partial charge in [-0.2, -0.15) is 0 Å². The number of rotatable bonds is 5. The Hall–Kier alpha value is -1.82. The molecule has 6 heteroatoms. The number of carbonyl (C=O) groups excluding carboxylic acids is 1. The number of nitrogens with two attached hydrogens (primary N) is 1. The summed E-state index contributed by atoms with van der Waals surface area (Å²) in [6.07, 6.45) is 2.66. The van der Waals surface area contributed by atoms with E-state index in [2.05, 4.69) is 26.2 Å². The van der Waals surface area contributed by atoms with Gasteiger partial charge in [0.1, 0.15) is 0 Å². The van der Waals surface area contributed by atoms with Crippen molar-refractivity contribution in [2.75, 3.05) is 30.8 Å². The van der Waals surface area contributed by atoms with Crippen molar-refractivity contribution in [1.82, 2.24) is 10.3 Å². The fraction of sp³-hybridized carbons (Fsp3) is 0.333. The number of amides is 1. The Morgan fingerprint density at radius 3 is 2.95 bits per heavy atom. The number of halogens is 1. The highest BCUT2D eigenvalue weighted by Crippen LogP contribution is 2.30. The molecule has 0 aliphatic carbocycles. The molecule has 1 amide bonds. The van der Waals surface area contributed by atoms with Gasteiger partial charge in [-0.05, 0) is 40.5 Å². The standard InChI is InChI=1S/C15H19BrN4O/c1-3-6-18-14(21)9-20(2)13-5-4-12(17)11-7-10(16)8-19-15(11)13/h4-5,7-8H,3,6,9,17H2,1-2H3,(H,18,21). The normalized spacial score (nSPS) is 10.6. The van der Waals surface area contributed by atoms with Gasteiger partial charge in [0.05, 0.1) is 17.7 Å². The number of nitrogen functional groups attached to an aromatic ring is 1.